The molecule has 0 spiro atoms. The number of benzene rings is 3. The molecular weight excluding hydrogens is 436 g/mol. The first kappa shape index (κ1) is 24.7. The number of hydrogen-bond acceptors (Lipinski definition) is 3. The summed E-state index contributed by atoms with van der Waals surface area (Å²) in [5.41, 5.74) is 3.74. The number of fused-ring (bicyclic) bond motifs is 1. The molecule has 0 saturated carbocycles. The summed E-state index contributed by atoms with van der Waals surface area (Å²) < 4.78 is 6.79. The van der Waals surface area contributed by atoms with Crippen molar-refractivity contribution in [1.82, 2.24) is 10.2 Å². The van der Waals surface area contributed by atoms with Gasteiger partial charge in [0, 0.05) is 36.7 Å². The number of carbonyl (C=O) groups excluding carboxylic acids is 2. The van der Waals surface area contributed by atoms with Gasteiger partial charge in [-0.15, -0.1) is 0 Å². The predicted molar refractivity (Wildman–Crippen MR) is 138 cm³/mol. The first-order valence-electron chi connectivity index (χ1n) is 12.2. The van der Waals surface area contributed by atoms with Crippen LogP contribution in [0.25, 0.3) is 0 Å². The van der Waals surface area contributed by atoms with Crippen molar-refractivity contribution >= 4 is 11.8 Å². The monoisotopic (exact) mass is 470 g/mol. The van der Waals surface area contributed by atoms with E-state index in [2.05, 4.69) is 50.4 Å². The molecule has 5 nitrogen and oxygen atoms in total. The van der Waals surface area contributed by atoms with Crippen LogP contribution in [0.4, 0.5) is 0 Å². The Morgan fingerprint density at radius 2 is 1.60 bits per heavy atom. The van der Waals surface area contributed by atoms with E-state index in [1.807, 2.05) is 59.5 Å². The minimum absolute atomic E-state index is 0.0599. The minimum atomic E-state index is -1.05. The molecule has 2 amide bonds. The van der Waals surface area contributed by atoms with Crippen LogP contribution in [0.15, 0.2) is 78.9 Å². The van der Waals surface area contributed by atoms with Gasteiger partial charge in [0.05, 0.1) is 6.61 Å². The maximum atomic E-state index is 13.6. The van der Waals surface area contributed by atoms with Gasteiger partial charge in [-0.2, -0.15) is 0 Å². The molecule has 1 N–H and O–H groups in total. The molecule has 0 fully saturated rings. The zero-order valence-corrected chi connectivity index (χ0v) is 21.0. The molecule has 0 saturated heterocycles. The number of carbonyl (C=O) groups is 2. The molecule has 4 rings (SSSR count). The molecule has 0 aliphatic carbocycles. The van der Waals surface area contributed by atoms with Gasteiger partial charge in [-0.05, 0) is 29.0 Å². The first-order valence-corrected chi connectivity index (χ1v) is 12.2. The molecule has 0 aromatic heterocycles. The number of hydrogen-bond donors (Lipinski definition) is 1. The van der Waals surface area contributed by atoms with Crippen LogP contribution in [0.2, 0.25) is 0 Å². The highest BCUT2D eigenvalue weighted by molar-refractivity contribution is 6.00. The SMILES string of the molecule is CC(=O)NCCCN1C(=O)c2ccccc2C1(OCc1ccc(C(C)(C)C)cc1)c1ccccc1. The number of nitrogens with zero attached hydrogens (tertiary/aromatic N) is 1. The number of ether oxygens (including phenoxy) is 1. The van der Waals surface area contributed by atoms with Gasteiger partial charge < -0.3 is 15.0 Å². The Morgan fingerprint density at radius 1 is 0.943 bits per heavy atom. The molecule has 182 valence electrons. The fourth-order valence-electron chi connectivity index (χ4n) is 4.66. The Morgan fingerprint density at radius 3 is 2.26 bits per heavy atom. The third-order valence-electron chi connectivity index (χ3n) is 6.51. The highest BCUT2D eigenvalue weighted by Gasteiger charge is 2.51. The molecule has 1 atom stereocenters. The van der Waals surface area contributed by atoms with E-state index in [4.69, 9.17) is 4.74 Å². The van der Waals surface area contributed by atoms with E-state index in [1.165, 1.54) is 12.5 Å². The second-order valence-electron chi connectivity index (χ2n) is 10.1. The van der Waals surface area contributed by atoms with Crippen LogP contribution in [0.5, 0.6) is 0 Å². The van der Waals surface area contributed by atoms with Crippen molar-refractivity contribution in [2.45, 2.75) is 51.9 Å². The molecular formula is C30H34N2O3. The van der Waals surface area contributed by atoms with Gasteiger partial charge in [0.15, 0.2) is 5.72 Å². The van der Waals surface area contributed by atoms with Gasteiger partial charge in [-0.1, -0.05) is 93.6 Å². The lowest BCUT2D eigenvalue weighted by Crippen LogP contribution is -2.47. The lowest BCUT2D eigenvalue weighted by molar-refractivity contribution is -0.119. The third kappa shape index (κ3) is 5.01. The highest BCUT2D eigenvalue weighted by Crippen LogP contribution is 2.45. The number of rotatable bonds is 8. The van der Waals surface area contributed by atoms with Crippen molar-refractivity contribution in [3.63, 3.8) is 0 Å². The molecule has 1 unspecified atom stereocenters. The third-order valence-corrected chi connectivity index (χ3v) is 6.51. The summed E-state index contributed by atoms with van der Waals surface area (Å²) in [6, 6.07) is 26.1. The quantitative estimate of drug-likeness (QED) is 0.450. The number of nitrogens with one attached hydrogen (secondary N) is 1. The highest BCUT2D eigenvalue weighted by atomic mass is 16.5. The van der Waals surface area contributed by atoms with E-state index in [-0.39, 0.29) is 17.2 Å². The fraction of sp³-hybridized carbons (Fsp3) is 0.333. The minimum Gasteiger partial charge on any atom is -0.356 e. The second kappa shape index (κ2) is 10.0. The molecule has 1 aliphatic rings. The van der Waals surface area contributed by atoms with Crippen LogP contribution < -0.4 is 5.32 Å². The Hall–Kier alpha value is -3.44. The summed E-state index contributed by atoms with van der Waals surface area (Å²) in [6.45, 7) is 9.39. The Kier molecular flexibility index (Phi) is 7.08. The van der Waals surface area contributed by atoms with Crippen LogP contribution in [0.3, 0.4) is 0 Å². The lowest BCUT2D eigenvalue weighted by Gasteiger charge is -2.39. The average Bonchev–Trinajstić information content (AvgIpc) is 3.09. The number of amides is 2. The van der Waals surface area contributed by atoms with Crippen LogP contribution in [-0.4, -0.2) is 29.8 Å². The van der Waals surface area contributed by atoms with Gasteiger partial charge >= 0.3 is 0 Å². The summed E-state index contributed by atoms with van der Waals surface area (Å²) in [4.78, 5) is 26.8. The predicted octanol–water partition coefficient (Wildman–Crippen LogP) is 5.38. The summed E-state index contributed by atoms with van der Waals surface area (Å²) in [6.07, 6.45) is 0.623. The molecule has 3 aromatic carbocycles. The van der Waals surface area contributed by atoms with Crippen LogP contribution in [-0.2, 0) is 27.3 Å². The fourth-order valence-corrected chi connectivity index (χ4v) is 4.66. The smallest absolute Gasteiger partial charge is 0.257 e. The Labute approximate surface area is 208 Å². The molecule has 1 heterocycles. The molecule has 1 aliphatic heterocycles. The Bertz CT molecular complexity index is 1180. The molecule has 5 heteroatoms. The molecule has 35 heavy (non-hydrogen) atoms. The normalized spacial score (nSPS) is 17.4. The van der Waals surface area contributed by atoms with Crippen molar-refractivity contribution in [2.75, 3.05) is 13.1 Å². The standard InChI is InChI=1S/C30H34N2O3/c1-22(33)31-19-10-20-32-28(34)26-13-8-9-14-27(26)30(32,25-11-6-5-7-12-25)35-21-23-15-17-24(18-16-23)29(2,3)4/h5-9,11-18H,10,19-21H2,1-4H3,(H,31,33). The first-order chi connectivity index (χ1) is 16.7. The largest absolute Gasteiger partial charge is 0.356 e. The van der Waals surface area contributed by atoms with E-state index in [1.54, 1.807) is 0 Å². The maximum absolute atomic E-state index is 13.6. The van der Waals surface area contributed by atoms with Crippen molar-refractivity contribution in [3.05, 3.63) is 107 Å². The van der Waals surface area contributed by atoms with E-state index in [9.17, 15) is 9.59 Å². The van der Waals surface area contributed by atoms with Crippen LogP contribution >= 0.6 is 0 Å². The van der Waals surface area contributed by atoms with Gasteiger partial charge in [0.2, 0.25) is 5.91 Å². The van der Waals surface area contributed by atoms with Crippen molar-refractivity contribution < 1.29 is 14.3 Å². The van der Waals surface area contributed by atoms with E-state index < -0.39 is 5.72 Å². The van der Waals surface area contributed by atoms with E-state index in [0.717, 1.165) is 16.7 Å². The average molecular weight is 471 g/mol. The van der Waals surface area contributed by atoms with Crippen molar-refractivity contribution in [1.29, 1.82) is 0 Å². The molecule has 3 aromatic rings. The van der Waals surface area contributed by atoms with Gasteiger partial charge in [0.1, 0.15) is 0 Å². The summed E-state index contributed by atoms with van der Waals surface area (Å²) in [7, 11) is 0. The maximum Gasteiger partial charge on any atom is 0.257 e. The van der Waals surface area contributed by atoms with E-state index in [0.29, 0.717) is 31.7 Å². The second-order valence-corrected chi connectivity index (χ2v) is 10.1. The topological polar surface area (TPSA) is 58.6 Å². The van der Waals surface area contributed by atoms with Crippen LogP contribution in [0.1, 0.15) is 66.7 Å². The van der Waals surface area contributed by atoms with Crippen molar-refractivity contribution in [2.24, 2.45) is 0 Å². The Balaban J connectivity index is 1.72. The molecule has 0 bridgehead atoms. The van der Waals surface area contributed by atoms with Gasteiger partial charge in [-0.3, -0.25) is 9.59 Å². The summed E-state index contributed by atoms with van der Waals surface area (Å²) >= 11 is 0. The molecule has 0 radical (unpaired) electrons. The zero-order valence-electron chi connectivity index (χ0n) is 21.0. The van der Waals surface area contributed by atoms with Crippen molar-refractivity contribution in [3.8, 4) is 0 Å². The summed E-state index contributed by atoms with van der Waals surface area (Å²) in [5.74, 6) is -0.138. The van der Waals surface area contributed by atoms with Gasteiger partial charge in [-0.25, -0.2) is 0 Å². The van der Waals surface area contributed by atoms with E-state index >= 15 is 0 Å². The van der Waals surface area contributed by atoms with Gasteiger partial charge in [0.25, 0.3) is 5.91 Å². The van der Waals surface area contributed by atoms with Crippen LogP contribution in [0, 0.1) is 0 Å². The zero-order chi connectivity index (χ0) is 25.1. The lowest BCUT2D eigenvalue weighted by atomic mass is 9.87. The summed E-state index contributed by atoms with van der Waals surface area (Å²) in [5, 5.41) is 2.83.